The maximum atomic E-state index is 13.9. The smallest absolute Gasteiger partial charge is 0.318 e. The number of hydrogen-bond donors (Lipinski definition) is 0. The van der Waals surface area contributed by atoms with E-state index in [-0.39, 0.29) is 23.3 Å². The van der Waals surface area contributed by atoms with Gasteiger partial charge < -0.3 is 14.4 Å². The van der Waals surface area contributed by atoms with Gasteiger partial charge in [0, 0.05) is 6.54 Å². The van der Waals surface area contributed by atoms with Gasteiger partial charge in [-0.05, 0) is 73.3 Å². The van der Waals surface area contributed by atoms with E-state index >= 15 is 0 Å². The molecular formula is C27H31NO4. The van der Waals surface area contributed by atoms with Crippen molar-refractivity contribution in [2.24, 2.45) is 17.8 Å². The molecule has 5 heteroatoms. The molecule has 1 unspecified atom stereocenters. The number of amides is 1. The first-order chi connectivity index (χ1) is 15.6. The number of esters is 1. The lowest BCUT2D eigenvalue weighted by molar-refractivity contribution is -0.176. The van der Waals surface area contributed by atoms with E-state index in [4.69, 9.17) is 9.47 Å². The van der Waals surface area contributed by atoms with Crippen molar-refractivity contribution in [3.8, 4) is 5.75 Å². The number of fused-ring (bicyclic) bond motifs is 1. The minimum atomic E-state index is -0.711. The van der Waals surface area contributed by atoms with Crippen LogP contribution in [0.5, 0.6) is 5.75 Å². The SMILES string of the molecule is CCOC(=O)C1C[C@@H]2[C@H]3CCC[C@@]2(c2ccc(OC)cc2C3)N(Cc2ccccc2)C1=O. The summed E-state index contributed by atoms with van der Waals surface area (Å²) >= 11 is 0. The third-order valence-corrected chi connectivity index (χ3v) is 7.87. The summed E-state index contributed by atoms with van der Waals surface area (Å²) in [5.74, 6) is 0.395. The lowest BCUT2D eigenvalue weighted by Gasteiger charge is -2.61. The zero-order chi connectivity index (χ0) is 22.3. The van der Waals surface area contributed by atoms with Crippen LogP contribution in [0.4, 0.5) is 0 Å². The number of nitrogens with zero attached hydrogens (tertiary/aromatic N) is 1. The molecule has 1 saturated heterocycles. The van der Waals surface area contributed by atoms with Crippen molar-refractivity contribution in [2.45, 2.75) is 51.1 Å². The van der Waals surface area contributed by atoms with Gasteiger partial charge in [0.15, 0.2) is 0 Å². The number of ether oxygens (including phenoxy) is 2. The second-order valence-corrected chi connectivity index (χ2v) is 9.36. The number of carbonyl (C=O) groups excluding carboxylic acids is 2. The largest absolute Gasteiger partial charge is 0.497 e. The lowest BCUT2D eigenvalue weighted by atomic mass is 9.53. The monoisotopic (exact) mass is 433 g/mol. The van der Waals surface area contributed by atoms with Gasteiger partial charge >= 0.3 is 5.97 Å². The van der Waals surface area contributed by atoms with E-state index in [1.54, 1.807) is 14.0 Å². The van der Waals surface area contributed by atoms with E-state index in [0.717, 1.165) is 37.0 Å². The van der Waals surface area contributed by atoms with Crippen molar-refractivity contribution in [1.29, 1.82) is 0 Å². The summed E-state index contributed by atoms with van der Waals surface area (Å²) in [6, 6.07) is 16.4. The summed E-state index contributed by atoms with van der Waals surface area (Å²) in [4.78, 5) is 28.8. The molecule has 0 radical (unpaired) electrons. The molecule has 2 bridgehead atoms. The average molecular weight is 434 g/mol. The highest BCUT2D eigenvalue weighted by molar-refractivity contribution is 5.99. The molecule has 4 atom stereocenters. The molecule has 1 aliphatic heterocycles. The predicted octanol–water partition coefficient (Wildman–Crippen LogP) is 4.47. The van der Waals surface area contributed by atoms with E-state index in [1.165, 1.54) is 11.1 Å². The molecule has 2 aromatic rings. The first kappa shape index (κ1) is 21.0. The lowest BCUT2D eigenvalue weighted by Crippen LogP contribution is -2.65. The van der Waals surface area contributed by atoms with E-state index in [2.05, 4.69) is 24.3 Å². The molecule has 2 aliphatic carbocycles. The molecular weight excluding hydrogens is 402 g/mol. The van der Waals surface area contributed by atoms with E-state index in [1.807, 2.05) is 29.2 Å². The van der Waals surface area contributed by atoms with Crippen LogP contribution >= 0.6 is 0 Å². The molecule has 2 fully saturated rings. The summed E-state index contributed by atoms with van der Waals surface area (Å²) < 4.78 is 10.9. The summed E-state index contributed by atoms with van der Waals surface area (Å²) in [5, 5.41) is 0. The first-order valence-corrected chi connectivity index (χ1v) is 11.8. The number of hydrogen-bond acceptors (Lipinski definition) is 4. The minimum Gasteiger partial charge on any atom is -0.497 e. The molecule has 3 aliphatic rings. The van der Waals surface area contributed by atoms with E-state index < -0.39 is 5.92 Å². The number of likely N-dealkylation sites (tertiary alicyclic amines) is 1. The van der Waals surface area contributed by atoms with Crippen molar-refractivity contribution in [2.75, 3.05) is 13.7 Å². The van der Waals surface area contributed by atoms with Gasteiger partial charge in [0.05, 0.1) is 19.3 Å². The quantitative estimate of drug-likeness (QED) is 0.516. The number of methoxy groups -OCH3 is 1. The second-order valence-electron chi connectivity index (χ2n) is 9.36. The van der Waals surface area contributed by atoms with Crippen LogP contribution < -0.4 is 4.74 Å². The van der Waals surface area contributed by atoms with Gasteiger partial charge in [0.25, 0.3) is 0 Å². The highest BCUT2D eigenvalue weighted by Gasteiger charge is 2.60. The first-order valence-electron chi connectivity index (χ1n) is 11.8. The van der Waals surface area contributed by atoms with Crippen LogP contribution in [-0.2, 0) is 32.8 Å². The topological polar surface area (TPSA) is 55.8 Å². The molecule has 168 valence electrons. The van der Waals surface area contributed by atoms with Crippen molar-refractivity contribution in [3.63, 3.8) is 0 Å². The average Bonchev–Trinajstić information content (AvgIpc) is 2.81. The van der Waals surface area contributed by atoms with Gasteiger partial charge in [-0.3, -0.25) is 9.59 Å². The van der Waals surface area contributed by atoms with Gasteiger partial charge in [-0.1, -0.05) is 42.8 Å². The summed E-state index contributed by atoms with van der Waals surface area (Å²) in [6.45, 7) is 2.60. The van der Waals surface area contributed by atoms with Crippen molar-refractivity contribution >= 4 is 11.9 Å². The fourth-order valence-electron chi connectivity index (χ4n) is 6.59. The molecule has 0 spiro atoms. The van der Waals surface area contributed by atoms with Crippen LogP contribution in [0.15, 0.2) is 48.5 Å². The van der Waals surface area contributed by atoms with Gasteiger partial charge in [0.2, 0.25) is 5.91 Å². The third kappa shape index (κ3) is 3.21. The zero-order valence-electron chi connectivity index (χ0n) is 18.9. The predicted molar refractivity (Wildman–Crippen MR) is 121 cm³/mol. The van der Waals surface area contributed by atoms with Crippen LogP contribution in [0, 0.1) is 17.8 Å². The Labute approximate surface area is 189 Å². The molecule has 5 rings (SSSR count). The maximum Gasteiger partial charge on any atom is 0.318 e. The Hall–Kier alpha value is -2.82. The zero-order valence-corrected chi connectivity index (χ0v) is 18.9. The molecule has 0 N–H and O–H groups in total. The second kappa shape index (κ2) is 8.27. The number of piperidine rings is 1. The fourth-order valence-corrected chi connectivity index (χ4v) is 6.59. The highest BCUT2D eigenvalue weighted by atomic mass is 16.5. The normalized spacial score (nSPS) is 28.5. The Bertz CT molecular complexity index is 1020. The Balaban J connectivity index is 1.65. The van der Waals surface area contributed by atoms with E-state index in [9.17, 15) is 9.59 Å². The highest BCUT2D eigenvalue weighted by Crippen LogP contribution is 2.59. The Morgan fingerprint density at radius 3 is 2.75 bits per heavy atom. The van der Waals surface area contributed by atoms with Crippen LogP contribution in [0.1, 0.15) is 49.3 Å². The molecule has 1 heterocycles. The van der Waals surface area contributed by atoms with Crippen LogP contribution in [0.3, 0.4) is 0 Å². The molecule has 32 heavy (non-hydrogen) atoms. The van der Waals surface area contributed by atoms with Crippen LogP contribution in [-0.4, -0.2) is 30.5 Å². The van der Waals surface area contributed by atoms with Gasteiger partial charge in [0.1, 0.15) is 11.7 Å². The molecule has 5 nitrogen and oxygen atoms in total. The minimum absolute atomic E-state index is 0.0899. The summed E-state index contributed by atoms with van der Waals surface area (Å²) in [7, 11) is 1.70. The Kier molecular flexibility index (Phi) is 5.44. The third-order valence-electron chi connectivity index (χ3n) is 7.87. The maximum absolute atomic E-state index is 13.9. The van der Waals surface area contributed by atoms with Crippen molar-refractivity contribution in [1.82, 2.24) is 4.90 Å². The van der Waals surface area contributed by atoms with Crippen LogP contribution in [0.25, 0.3) is 0 Å². The fraction of sp³-hybridized carbons (Fsp3) is 0.481. The van der Waals surface area contributed by atoms with Crippen molar-refractivity contribution in [3.05, 3.63) is 65.2 Å². The number of benzene rings is 2. The molecule has 1 amide bonds. The number of rotatable bonds is 5. The Morgan fingerprint density at radius 2 is 2.00 bits per heavy atom. The Morgan fingerprint density at radius 1 is 1.19 bits per heavy atom. The van der Waals surface area contributed by atoms with Gasteiger partial charge in [-0.15, -0.1) is 0 Å². The van der Waals surface area contributed by atoms with Crippen molar-refractivity contribution < 1.29 is 19.1 Å². The summed E-state index contributed by atoms with van der Waals surface area (Å²) in [5.41, 5.74) is 3.23. The van der Waals surface area contributed by atoms with Crippen LogP contribution in [0.2, 0.25) is 0 Å². The number of carbonyl (C=O) groups is 2. The summed E-state index contributed by atoms with van der Waals surface area (Å²) in [6.07, 6.45) is 4.71. The van der Waals surface area contributed by atoms with Gasteiger partial charge in [-0.25, -0.2) is 0 Å². The molecule has 0 aromatic heterocycles. The van der Waals surface area contributed by atoms with E-state index in [0.29, 0.717) is 25.5 Å². The molecule has 1 saturated carbocycles. The van der Waals surface area contributed by atoms with Gasteiger partial charge in [-0.2, -0.15) is 0 Å². The molecule has 2 aromatic carbocycles. The standard InChI is InChI=1S/C27H31NO4/c1-3-32-26(30)22-16-24-19-10-7-13-27(24,23-12-11-21(31-2)15-20(23)14-19)28(25(22)29)17-18-8-5-4-6-9-18/h4-6,8-9,11-12,15,19,22,24H,3,7,10,13-14,16-17H2,1-2H3/t19-,22?,24+,27-/m0/s1.